The number of hydrogen-bond acceptors (Lipinski definition) is 4. The van der Waals surface area contributed by atoms with Gasteiger partial charge in [-0.05, 0) is 18.8 Å². The second-order valence-electron chi connectivity index (χ2n) is 5.31. The summed E-state index contributed by atoms with van der Waals surface area (Å²) >= 11 is 0. The van der Waals surface area contributed by atoms with Gasteiger partial charge >= 0.3 is 5.97 Å². The standard InChI is InChI=1S/C13H20N4O3/c1-2-9-4-3-5-10(6-9)14-13(20)11-7-17(16-15-11)8-12(18)19/h7,9-10H,2-6,8H2,1H3,(H,14,20)(H,18,19). The lowest BCUT2D eigenvalue weighted by Crippen LogP contribution is -2.38. The lowest BCUT2D eigenvalue weighted by atomic mass is 9.84. The third-order valence-corrected chi connectivity index (χ3v) is 3.76. The van der Waals surface area contributed by atoms with E-state index >= 15 is 0 Å². The van der Waals surface area contributed by atoms with Crippen molar-refractivity contribution in [3.05, 3.63) is 11.9 Å². The zero-order valence-corrected chi connectivity index (χ0v) is 11.6. The van der Waals surface area contributed by atoms with E-state index in [-0.39, 0.29) is 24.2 Å². The van der Waals surface area contributed by atoms with Crippen LogP contribution < -0.4 is 5.32 Å². The Kier molecular flexibility index (Phi) is 4.70. The van der Waals surface area contributed by atoms with Gasteiger partial charge in [-0.15, -0.1) is 5.10 Å². The summed E-state index contributed by atoms with van der Waals surface area (Å²) in [5, 5.41) is 18.9. The molecule has 1 heterocycles. The molecule has 2 N–H and O–H groups in total. The van der Waals surface area contributed by atoms with Gasteiger partial charge < -0.3 is 10.4 Å². The highest BCUT2D eigenvalue weighted by molar-refractivity contribution is 5.92. The van der Waals surface area contributed by atoms with E-state index in [9.17, 15) is 9.59 Å². The molecule has 7 nitrogen and oxygen atoms in total. The minimum atomic E-state index is -1.01. The van der Waals surface area contributed by atoms with E-state index in [0.29, 0.717) is 5.92 Å². The molecule has 0 aromatic carbocycles. The van der Waals surface area contributed by atoms with Crippen molar-refractivity contribution in [1.82, 2.24) is 20.3 Å². The fourth-order valence-corrected chi connectivity index (χ4v) is 2.67. The second-order valence-corrected chi connectivity index (χ2v) is 5.31. The third kappa shape index (κ3) is 3.79. The minimum Gasteiger partial charge on any atom is -0.480 e. The van der Waals surface area contributed by atoms with Crippen LogP contribution in [-0.4, -0.2) is 38.0 Å². The Morgan fingerprint density at radius 1 is 1.50 bits per heavy atom. The first-order valence-corrected chi connectivity index (χ1v) is 7.01. The quantitative estimate of drug-likeness (QED) is 0.840. The number of carboxylic acid groups (broad SMARTS) is 1. The van der Waals surface area contributed by atoms with Crippen LogP contribution in [0.5, 0.6) is 0 Å². The summed E-state index contributed by atoms with van der Waals surface area (Å²) in [4.78, 5) is 22.6. The molecule has 110 valence electrons. The van der Waals surface area contributed by atoms with Gasteiger partial charge in [0.15, 0.2) is 5.69 Å². The molecule has 0 aliphatic heterocycles. The van der Waals surface area contributed by atoms with Crippen LogP contribution in [0.15, 0.2) is 6.20 Å². The molecule has 2 atom stereocenters. The first-order valence-electron chi connectivity index (χ1n) is 7.01. The molecule has 1 aliphatic carbocycles. The maximum Gasteiger partial charge on any atom is 0.325 e. The van der Waals surface area contributed by atoms with Crippen LogP contribution in [0.25, 0.3) is 0 Å². The number of hydrogen-bond donors (Lipinski definition) is 2. The molecule has 1 aromatic rings. The van der Waals surface area contributed by atoms with Crippen molar-refractivity contribution in [2.45, 2.75) is 51.6 Å². The SMILES string of the molecule is CCC1CCCC(NC(=O)c2cn(CC(=O)O)nn2)C1. The Hall–Kier alpha value is -1.92. The van der Waals surface area contributed by atoms with Gasteiger partial charge in [0.05, 0.1) is 6.20 Å². The van der Waals surface area contributed by atoms with E-state index in [4.69, 9.17) is 5.11 Å². The molecule has 0 saturated heterocycles. The Bertz CT molecular complexity index is 486. The summed E-state index contributed by atoms with van der Waals surface area (Å²) in [6.07, 6.45) is 6.87. The molecule has 2 unspecified atom stereocenters. The third-order valence-electron chi connectivity index (χ3n) is 3.76. The number of nitrogens with one attached hydrogen (secondary N) is 1. The van der Waals surface area contributed by atoms with Crippen LogP contribution in [0.4, 0.5) is 0 Å². The maximum absolute atomic E-state index is 12.0. The van der Waals surface area contributed by atoms with Crippen LogP contribution >= 0.6 is 0 Å². The van der Waals surface area contributed by atoms with Crippen molar-refractivity contribution in [1.29, 1.82) is 0 Å². The molecule has 7 heteroatoms. The molecule has 0 spiro atoms. The predicted octanol–water partition coefficient (Wildman–Crippen LogP) is 1.06. The summed E-state index contributed by atoms with van der Waals surface area (Å²) < 4.78 is 1.15. The zero-order valence-electron chi connectivity index (χ0n) is 11.6. The van der Waals surface area contributed by atoms with Crippen molar-refractivity contribution in [3.63, 3.8) is 0 Å². The summed E-state index contributed by atoms with van der Waals surface area (Å²) in [7, 11) is 0. The van der Waals surface area contributed by atoms with E-state index in [2.05, 4.69) is 22.6 Å². The van der Waals surface area contributed by atoms with Gasteiger partial charge in [0.25, 0.3) is 5.91 Å². The average molecular weight is 280 g/mol. The first-order chi connectivity index (χ1) is 9.58. The highest BCUT2D eigenvalue weighted by Gasteiger charge is 2.23. The maximum atomic E-state index is 12.0. The number of carbonyl (C=O) groups excluding carboxylic acids is 1. The normalized spacial score (nSPS) is 22.4. The Morgan fingerprint density at radius 3 is 3.00 bits per heavy atom. The van der Waals surface area contributed by atoms with Crippen molar-refractivity contribution in [2.24, 2.45) is 5.92 Å². The van der Waals surface area contributed by atoms with E-state index in [1.165, 1.54) is 12.6 Å². The molecule has 1 aromatic heterocycles. The molecular weight excluding hydrogens is 260 g/mol. The summed E-state index contributed by atoms with van der Waals surface area (Å²) in [5.74, 6) is -0.611. The molecule has 1 aliphatic rings. The number of carbonyl (C=O) groups is 2. The molecular formula is C13H20N4O3. The Morgan fingerprint density at radius 2 is 2.30 bits per heavy atom. The number of aliphatic carboxylic acids is 1. The molecule has 2 rings (SSSR count). The largest absolute Gasteiger partial charge is 0.480 e. The summed E-state index contributed by atoms with van der Waals surface area (Å²) in [5.41, 5.74) is 0.171. The van der Waals surface area contributed by atoms with Crippen LogP contribution in [0, 0.1) is 5.92 Å². The molecule has 1 fully saturated rings. The minimum absolute atomic E-state index is 0.171. The van der Waals surface area contributed by atoms with Crippen LogP contribution in [0.1, 0.15) is 49.5 Å². The fourth-order valence-electron chi connectivity index (χ4n) is 2.67. The molecule has 0 radical (unpaired) electrons. The van der Waals surface area contributed by atoms with E-state index in [0.717, 1.165) is 30.4 Å². The van der Waals surface area contributed by atoms with Gasteiger partial charge in [-0.25, -0.2) is 4.68 Å². The van der Waals surface area contributed by atoms with Crippen molar-refractivity contribution in [2.75, 3.05) is 0 Å². The summed E-state index contributed by atoms with van der Waals surface area (Å²) in [6.45, 7) is 1.88. The lowest BCUT2D eigenvalue weighted by molar-refractivity contribution is -0.137. The molecule has 1 amide bonds. The Balaban J connectivity index is 1.91. The van der Waals surface area contributed by atoms with E-state index in [1.54, 1.807) is 0 Å². The number of carboxylic acids is 1. The van der Waals surface area contributed by atoms with Crippen LogP contribution in [0.2, 0.25) is 0 Å². The zero-order chi connectivity index (χ0) is 14.5. The highest BCUT2D eigenvalue weighted by Crippen LogP contribution is 2.26. The van der Waals surface area contributed by atoms with Crippen molar-refractivity contribution < 1.29 is 14.7 Å². The second kappa shape index (κ2) is 6.49. The van der Waals surface area contributed by atoms with Gasteiger partial charge in [0.1, 0.15) is 6.54 Å². The predicted molar refractivity (Wildman–Crippen MR) is 71.2 cm³/mol. The van der Waals surface area contributed by atoms with Gasteiger partial charge in [0, 0.05) is 6.04 Å². The highest BCUT2D eigenvalue weighted by atomic mass is 16.4. The average Bonchev–Trinajstić information content (AvgIpc) is 2.86. The molecule has 0 bridgehead atoms. The smallest absolute Gasteiger partial charge is 0.325 e. The summed E-state index contributed by atoms with van der Waals surface area (Å²) in [6, 6.07) is 0.186. The van der Waals surface area contributed by atoms with Crippen LogP contribution in [0.3, 0.4) is 0 Å². The first kappa shape index (κ1) is 14.5. The number of nitrogens with zero attached hydrogens (tertiary/aromatic N) is 3. The molecule has 1 saturated carbocycles. The van der Waals surface area contributed by atoms with Gasteiger partial charge in [-0.2, -0.15) is 0 Å². The fraction of sp³-hybridized carbons (Fsp3) is 0.692. The Labute approximate surface area is 117 Å². The van der Waals surface area contributed by atoms with Gasteiger partial charge in [-0.1, -0.05) is 31.4 Å². The van der Waals surface area contributed by atoms with Gasteiger partial charge in [0.2, 0.25) is 0 Å². The number of rotatable bonds is 5. The van der Waals surface area contributed by atoms with E-state index in [1.807, 2.05) is 0 Å². The number of amides is 1. The van der Waals surface area contributed by atoms with Crippen molar-refractivity contribution in [3.8, 4) is 0 Å². The monoisotopic (exact) mass is 280 g/mol. The lowest BCUT2D eigenvalue weighted by Gasteiger charge is -2.28. The van der Waals surface area contributed by atoms with Crippen molar-refractivity contribution >= 4 is 11.9 Å². The van der Waals surface area contributed by atoms with Crippen LogP contribution in [-0.2, 0) is 11.3 Å². The number of aromatic nitrogens is 3. The van der Waals surface area contributed by atoms with E-state index < -0.39 is 5.97 Å². The molecule has 20 heavy (non-hydrogen) atoms. The topological polar surface area (TPSA) is 97.1 Å². The van der Waals surface area contributed by atoms with Gasteiger partial charge in [-0.3, -0.25) is 9.59 Å².